The van der Waals surface area contributed by atoms with Gasteiger partial charge in [-0.15, -0.1) is 22.1 Å². The van der Waals surface area contributed by atoms with Gasteiger partial charge in [0, 0.05) is 0 Å². The number of benzene rings is 4. The Labute approximate surface area is 519 Å². The maximum Gasteiger partial charge on any atom is 2.00 e. The van der Waals surface area contributed by atoms with Crippen LogP contribution in [0.25, 0.3) is 90.9 Å². The third-order valence-electron chi connectivity index (χ3n) is 17.3. The molecule has 2 aliphatic heterocycles. The predicted molar refractivity (Wildman–Crippen MR) is 354 cm³/mol. The summed E-state index contributed by atoms with van der Waals surface area (Å²) in [6.45, 7) is 20.9. The molecule has 4 unspecified atom stereocenters. The molecule has 0 spiro atoms. The second-order valence-electron chi connectivity index (χ2n) is 23.4. The number of nitrogens with zero attached hydrogens (tertiary/aromatic N) is 4. The molecule has 9 heteroatoms. The average Bonchev–Trinajstić information content (AvgIpc) is 4.15. The number of ether oxygens (including phenoxy) is 4. The quantitative estimate of drug-likeness (QED) is 0.0385. The summed E-state index contributed by atoms with van der Waals surface area (Å²) in [4.78, 5) is 22.3. The monoisotopic (exact) mass is 1190 g/mol. The first kappa shape index (κ1) is 64.2. The fourth-order valence-corrected chi connectivity index (χ4v) is 11.6. The van der Waals surface area contributed by atoms with Crippen molar-refractivity contribution >= 4 is 46.4 Å². The fourth-order valence-electron chi connectivity index (χ4n) is 11.6. The van der Waals surface area contributed by atoms with E-state index in [-0.39, 0.29) is 17.1 Å². The molecular weight excluding hydrogens is 1100 g/mol. The Kier molecular flexibility index (Phi) is 24.6. The van der Waals surface area contributed by atoms with Gasteiger partial charge in [-0.3, -0.25) is 0 Å². The Hall–Kier alpha value is -6.80. The van der Waals surface area contributed by atoms with E-state index in [1.54, 1.807) is 0 Å². The maximum atomic E-state index is 6.47. The van der Waals surface area contributed by atoms with Crippen LogP contribution < -0.4 is 28.9 Å². The molecule has 0 aliphatic carbocycles. The van der Waals surface area contributed by atoms with Crippen molar-refractivity contribution in [3.8, 4) is 67.5 Å². The van der Waals surface area contributed by atoms with Gasteiger partial charge in [0.05, 0.1) is 49.2 Å². The molecule has 0 saturated carbocycles. The van der Waals surface area contributed by atoms with E-state index >= 15 is 0 Å². The molecule has 9 rings (SSSR count). The van der Waals surface area contributed by atoms with E-state index in [1.807, 2.05) is 0 Å². The van der Waals surface area contributed by atoms with Gasteiger partial charge in [0.2, 0.25) is 0 Å². The first-order chi connectivity index (χ1) is 41.3. The van der Waals surface area contributed by atoms with Crippen molar-refractivity contribution in [3.05, 3.63) is 144 Å². The van der Waals surface area contributed by atoms with Crippen molar-refractivity contribution in [3.63, 3.8) is 0 Å². The first-order valence-electron chi connectivity index (χ1n) is 32.2. The van der Waals surface area contributed by atoms with Crippen molar-refractivity contribution in [1.29, 1.82) is 0 Å². The number of fused-ring (bicyclic) bond motifs is 8. The molecule has 451 valence electrons. The fraction of sp³-hybridized carbons (Fsp3) is 0.421. The summed E-state index contributed by atoms with van der Waals surface area (Å²) >= 11 is 0. The van der Waals surface area contributed by atoms with Crippen molar-refractivity contribution in [2.24, 2.45) is 23.7 Å². The molecule has 0 N–H and O–H groups in total. The SMILES string of the molecule is CCCCC(CC)COc1ccc(-c2c3nc(c(-c4ccc(OCC(CC)CCCC)cc4)c4ccc([n-]4)c(-c4ccc(OCC(CC)CCCC)cc4)c4nc(c(-c5ccc(OCC(CC)CCCC)cc5)c5ccc2[n-]5)C=C4)C=C3)cc1.[Cu+2]. The molecule has 7 aromatic rings. The van der Waals surface area contributed by atoms with Gasteiger partial charge in [0.1, 0.15) is 23.0 Å². The Balaban J connectivity index is 0.00000940. The molecule has 2 aliphatic rings. The first-order valence-corrected chi connectivity index (χ1v) is 32.2. The van der Waals surface area contributed by atoms with Crippen LogP contribution in [0.2, 0.25) is 0 Å². The zero-order valence-corrected chi connectivity index (χ0v) is 53.0. The summed E-state index contributed by atoms with van der Waals surface area (Å²) in [5.41, 5.74) is 14.2. The van der Waals surface area contributed by atoms with E-state index in [4.69, 9.17) is 38.9 Å². The van der Waals surface area contributed by atoms with Gasteiger partial charge < -0.3 is 28.9 Å². The van der Waals surface area contributed by atoms with Gasteiger partial charge in [-0.2, -0.15) is 0 Å². The van der Waals surface area contributed by atoms with Gasteiger partial charge >= 0.3 is 17.1 Å². The number of unbranched alkanes of at least 4 members (excludes halogenated alkanes) is 4. The molecule has 0 saturated heterocycles. The topological polar surface area (TPSA) is 90.9 Å². The smallest absolute Gasteiger partial charge is 0.657 e. The van der Waals surface area contributed by atoms with Crippen LogP contribution in [-0.4, -0.2) is 36.4 Å². The van der Waals surface area contributed by atoms with Crippen molar-refractivity contribution < 1.29 is 36.0 Å². The number of aromatic nitrogens is 4. The number of hydrogen-bond acceptors (Lipinski definition) is 6. The Morgan fingerprint density at radius 1 is 0.306 bits per heavy atom. The molecule has 0 amide bonds. The van der Waals surface area contributed by atoms with E-state index in [2.05, 4.69) is 201 Å². The summed E-state index contributed by atoms with van der Waals surface area (Å²) in [5.74, 6) is 5.54. The van der Waals surface area contributed by atoms with Crippen LogP contribution in [0.15, 0.2) is 121 Å². The minimum absolute atomic E-state index is 0. The standard InChI is InChI=1S/C76H92N4O4.Cu/c1-9-17-21-53(13-5)49-81-61-33-25-57(26-34-61)73-65-41-43-67(77-65)74(58-27-35-62(36-28-58)82-50-54(14-6)22-18-10-2)69-45-47-71(79-69)76(60-31-39-64(40-32-60)84-52-56(16-8)24-20-12-4)72-48-46-70(80-72)75(68-44-42-66(73)78-68)59-29-37-63(38-30-59)83-51-55(15-7)23-19-11-3;/h25-48,53-56H,9-24,49-52H2,1-8H3;/q-2;+2. The van der Waals surface area contributed by atoms with Crippen LogP contribution in [0.4, 0.5) is 0 Å². The van der Waals surface area contributed by atoms with E-state index in [9.17, 15) is 0 Å². The van der Waals surface area contributed by atoms with Crippen LogP contribution in [0.3, 0.4) is 0 Å². The molecule has 8 bridgehead atoms. The molecule has 1 radical (unpaired) electrons. The van der Waals surface area contributed by atoms with E-state index < -0.39 is 0 Å². The van der Waals surface area contributed by atoms with Gasteiger partial charge in [-0.25, -0.2) is 9.97 Å². The summed E-state index contributed by atoms with van der Waals surface area (Å²) < 4.78 is 25.9. The molecule has 8 nitrogen and oxygen atoms in total. The van der Waals surface area contributed by atoms with Crippen LogP contribution in [0, 0.1) is 23.7 Å². The van der Waals surface area contributed by atoms with E-state index in [0.29, 0.717) is 50.1 Å². The molecule has 3 aromatic heterocycles. The van der Waals surface area contributed by atoms with Crippen LogP contribution >= 0.6 is 0 Å². The van der Waals surface area contributed by atoms with Crippen molar-refractivity contribution in [1.82, 2.24) is 19.9 Å². The summed E-state index contributed by atoms with van der Waals surface area (Å²) in [5, 5.41) is 0. The molecule has 85 heavy (non-hydrogen) atoms. The second kappa shape index (κ2) is 32.6. The third kappa shape index (κ3) is 16.8. The molecule has 5 heterocycles. The minimum atomic E-state index is 0. The molecular formula is C76H92CuN4O4. The van der Waals surface area contributed by atoms with Gasteiger partial charge in [-0.1, -0.05) is 205 Å². The Bertz CT molecular complexity index is 2970. The second-order valence-corrected chi connectivity index (χ2v) is 23.4. The van der Waals surface area contributed by atoms with Crippen molar-refractivity contribution in [2.45, 2.75) is 158 Å². The van der Waals surface area contributed by atoms with Gasteiger partial charge in [-0.05, 0) is 167 Å². The average molecular weight is 1190 g/mol. The molecule has 4 aromatic carbocycles. The molecule has 4 atom stereocenters. The normalized spacial score (nSPS) is 13.3. The zero-order chi connectivity index (χ0) is 58.6. The van der Waals surface area contributed by atoms with Crippen LogP contribution in [0.5, 0.6) is 23.0 Å². The molecule has 0 fully saturated rings. The van der Waals surface area contributed by atoms with E-state index in [1.165, 1.54) is 77.0 Å². The Morgan fingerprint density at radius 2 is 0.518 bits per heavy atom. The van der Waals surface area contributed by atoms with Gasteiger partial charge in [0.25, 0.3) is 0 Å². The number of rotatable bonds is 32. The maximum absolute atomic E-state index is 6.47. The third-order valence-corrected chi connectivity index (χ3v) is 17.3. The summed E-state index contributed by atoms with van der Waals surface area (Å²) in [7, 11) is 0. The largest absolute Gasteiger partial charge is 2.00 e. The van der Waals surface area contributed by atoms with Crippen LogP contribution in [0.1, 0.15) is 181 Å². The Morgan fingerprint density at radius 3 is 0.706 bits per heavy atom. The zero-order valence-electron chi connectivity index (χ0n) is 52.0. The minimum Gasteiger partial charge on any atom is -0.657 e. The van der Waals surface area contributed by atoms with Gasteiger partial charge in [0.15, 0.2) is 0 Å². The van der Waals surface area contributed by atoms with E-state index in [0.717, 1.165) is 138 Å². The van der Waals surface area contributed by atoms with Crippen LogP contribution in [-0.2, 0) is 17.1 Å². The summed E-state index contributed by atoms with van der Waals surface area (Å²) in [6.07, 6.45) is 27.3. The summed E-state index contributed by atoms with van der Waals surface area (Å²) in [6, 6.07) is 42.6. The number of hydrogen-bond donors (Lipinski definition) is 0. The predicted octanol–water partition coefficient (Wildman–Crippen LogP) is 21.0. The van der Waals surface area contributed by atoms with Crippen molar-refractivity contribution in [2.75, 3.05) is 26.4 Å².